The lowest BCUT2D eigenvalue weighted by Gasteiger charge is -1.92. The Hall–Kier alpha value is -0.860. The highest BCUT2D eigenvalue weighted by Gasteiger charge is 2.00. The molecule has 0 unspecified atom stereocenters. The summed E-state index contributed by atoms with van der Waals surface area (Å²) in [5.74, 6) is 0.260. The molecule has 0 aliphatic rings. The van der Waals surface area contributed by atoms with Gasteiger partial charge >= 0.3 is 0 Å². The van der Waals surface area contributed by atoms with E-state index in [-0.39, 0.29) is 16.5 Å². The summed E-state index contributed by atoms with van der Waals surface area (Å²) >= 11 is 0. The van der Waals surface area contributed by atoms with Gasteiger partial charge in [0.25, 0.3) is 0 Å². The van der Waals surface area contributed by atoms with Crippen LogP contribution in [0, 0.1) is 16.0 Å². The Morgan fingerprint density at radius 1 is 1.67 bits per heavy atom. The average molecular weight is 129 g/mol. The highest BCUT2D eigenvalue weighted by atomic mass is 16.6. The minimum atomic E-state index is -0.375. The second kappa shape index (κ2) is 3.22. The van der Waals surface area contributed by atoms with Gasteiger partial charge in [-0.1, -0.05) is 13.8 Å². The maximum atomic E-state index is 9.97. The van der Waals surface area contributed by atoms with E-state index in [1.165, 1.54) is 6.92 Å². The van der Waals surface area contributed by atoms with Gasteiger partial charge in [0.15, 0.2) is 0 Å². The van der Waals surface area contributed by atoms with Gasteiger partial charge in [0, 0.05) is 6.92 Å². The van der Waals surface area contributed by atoms with Crippen molar-refractivity contribution in [1.82, 2.24) is 0 Å². The molecule has 0 spiro atoms. The van der Waals surface area contributed by atoms with Crippen LogP contribution in [0.3, 0.4) is 0 Å². The molecular weight excluding hydrogens is 118 g/mol. The molecule has 3 heteroatoms. The minimum Gasteiger partial charge on any atom is -0.259 e. The first kappa shape index (κ1) is 8.14. The van der Waals surface area contributed by atoms with Crippen LogP contribution in [0.5, 0.6) is 0 Å². The molecule has 0 aliphatic heterocycles. The van der Waals surface area contributed by atoms with Crippen molar-refractivity contribution in [3.05, 3.63) is 21.9 Å². The van der Waals surface area contributed by atoms with E-state index in [9.17, 15) is 10.1 Å². The fraction of sp³-hybridized carbons (Fsp3) is 0.667. The Bertz CT molecular complexity index is 138. The lowest BCUT2D eigenvalue weighted by atomic mass is 10.2. The first-order chi connectivity index (χ1) is 4.04. The van der Waals surface area contributed by atoms with E-state index in [0.29, 0.717) is 0 Å². The molecule has 0 bridgehead atoms. The second-order valence-electron chi connectivity index (χ2n) is 2.31. The van der Waals surface area contributed by atoms with Crippen molar-refractivity contribution >= 4 is 0 Å². The molecule has 0 saturated carbocycles. The third kappa shape index (κ3) is 3.70. The van der Waals surface area contributed by atoms with Gasteiger partial charge in [-0.2, -0.15) is 0 Å². The summed E-state index contributed by atoms with van der Waals surface area (Å²) in [5, 5.41) is 9.97. The van der Waals surface area contributed by atoms with Gasteiger partial charge in [-0.05, 0) is 12.0 Å². The highest BCUT2D eigenvalue weighted by molar-refractivity contribution is 4.88. The van der Waals surface area contributed by atoms with E-state index < -0.39 is 0 Å². The molecule has 0 N–H and O–H groups in total. The van der Waals surface area contributed by atoms with Crippen molar-refractivity contribution in [1.29, 1.82) is 0 Å². The SMILES string of the molecule is C/C(=C\C(C)C)[N+](=O)[O-]. The number of allylic oxidation sites excluding steroid dienone is 2. The van der Waals surface area contributed by atoms with Crippen LogP contribution >= 0.6 is 0 Å². The Morgan fingerprint density at radius 3 is 2.22 bits per heavy atom. The van der Waals surface area contributed by atoms with Crippen molar-refractivity contribution in [3.63, 3.8) is 0 Å². The van der Waals surface area contributed by atoms with E-state index in [2.05, 4.69) is 0 Å². The number of rotatable bonds is 2. The lowest BCUT2D eigenvalue weighted by molar-refractivity contribution is -0.424. The van der Waals surface area contributed by atoms with Crippen molar-refractivity contribution in [2.24, 2.45) is 5.92 Å². The van der Waals surface area contributed by atoms with Gasteiger partial charge in [0.2, 0.25) is 5.70 Å². The molecule has 0 aromatic carbocycles. The first-order valence-corrected chi connectivity index (χ1v) is 2.87. The van der Waals surface area contributed by atoms with Crippen LogP contribution < -0.4 is 0 Å². The smallest absolute Gasteiger partial charge is 0.239 e. The average Bonchev–Trinajstić information content (AvgIpc) is 1.63. The summed E-state index contributed by atoms with van der Waals surface area (Å²) < 4.78 is 0. The van der Waals surface area contributed by atoms with Crippen molar-refractivity contribution in [3.8, 4) is 0 Å². The Labute approximate surface area is 54.5 Å². The van der Waals surface area contributed by atoms with Crippen LogP contribution in [0.15, 0.2) is 11.8 Å². The number of hydrogen-bond acceptors (Lipinski definition) is 2. The Kier molecular flexibility index (Phi) is 2.91. The highest BCUT2D eigenvalue weighted by Crippen LogP contribution is 2.00. The zero-order valence-electron chi connectivity index (χ0n) is 5.92. The standard InChI is InChI=1S/C6H11NO2/c1-5(2)4-6(3)7(8)9/h4-5H,1-3H3/b6-4+. The van der Waals surface area contributed by atoms with Crippen molar-refractivity contribution in [2.45, 2.75) is 20.8 Å². The van der Waals surface area contributed by atoms with Crippen LogP contribution in [0.2, 0.25) is 0 Å². The Balaban J connectivity index is 4.00. The van der Waals surface area contributed by atoms with Crippen LogP contribution in [-0.4, -0.2) is 4.92 Å². The molecule has 0 amide bonds. The molecule has 3 nitrogen and oxygen atoms in total. The lowest BCUT2D eigenvalue weighted by Crippen LogP contribution is -1.95. The van der Waals surface area contributed by atoms with E-state index >= 15 is 0 Å². The number of nitrogens with zero attached hydrogens (tertiary/aromatic N) is 1. The maximum absolute atomic E-state index is 9.97. The van der Waals surface area contributed by atoms with Crippen molar-refractivity contribution in [2.75, 3.05) is 0 Å². The zero-order chi connectivity index (χ0) is 7.44. The van der Waals surface area contributed by atoms with Gasteiger partial charge in [0.1, 0.15) is 0 Å². The van der Waals surface area contributed by atoms with Crippen LogP contribution in [0.4, 0.5) is 0 Å². The largest absolute Gasteiger partial charge is 0.259 e. The van der Waals surface area contributed by atoms with Gasteiger partial charge in [0.05, 0.1) is 4.92 Å². The quantitative estimate of drug-likeness (QED) is 0.421. The van der Waals surface area contributed by atoms with Crippen molar-refractivity contribution < 1.29 is 4.92 Å². The summed E-state index contributed by atoms with van der Waals surface area (Å²) in [4.78, 5) is 9.60. The monoisotopic (exact) mass is 129 g/mol. The summed E-state index contributed by atoms with van der Waals surface area (Å²) in [6.07, 6.45) is 1.62. The van der Waals surface area contributed by atoms with E-state index in [0.717, 1.165) is 0 Å². The maximum Gasteiger partial charge on any atom is 0.239 e. The Morgan fingerprint density at radius 2 is 2.11 bits per heavy atom. The summed E-state index contributed by atoms with van der Waals surface area (Å²) in [5.41, 5.74) is 0.227. The minimum absolute atomic E-state index is 0.227. The van der Waals surface area contributed by atoms with E-state index in [1.54, 1.807) is 6.08 Å². The molecule has 9 heavy (non-hydrogen) atoms. The zero-order valence-corrected chi connectivity index (χ0v) is 5.92. The molecule has 0 rings (SSSR count). The molecule has 0 fully saturated rings. The molecule has 0 aromatic heterocycles. The summed E-state index contributed by atoms with van der Waals surface area (Å²) in [6, 6.07) is 0. The van der Waals surface area contributed by atoms with E-state index in [1.807, 2.05) is 13.8 Å². The fourth-order valence-corrected chi connectivity index (χ4v) is 0.543. The van der Waals surface area contributed by atoms with Crippen LogP contribution in [0.1, 0.15) is 20.8 Å². The van der Waals surface area contributed by atoms with Gasteiger partial charge in [-0.15, -0.1) is 0 Å². The van der Waals surface area contributed by atoms with Crippen LogP contribution in [0.25, 0.3) is 0 Å². The molecule has 0 saturated heterocycles. The third-order valence-corrected chi connectivity index (χ3v) is 0.863. The van der Waals surface area contributed by atoms with Gasteiger partial charge in [-0.3, -0.25) is 10.1 Å². The first-order valence-electron chi connectivity index (χ1n) is 2.87. The molecule has 0 aromatic rings. The molecular formula is C6H11NO2. The molecule has 0 heterocycles. The van der Waals surface area contributed by atoms with Gasteiger partial charge < -0.3 is 0 Å². The molecule has 0 atom stereocenters. The normalized spacial score (nSPS) is 12.2. The number of nitro groups is 1. The third-order valence-electron chi connectivity index (χ3n) is 0.863. The van der Waals surface area contributed by atoms with Crippen LogP contribution in [-0.2, 0) is 0 Å². The topological polar surface area (TPSA) is 43.1 Å². The summed E-state index contributed by atoms with van der Waals surface area (Å²) in [6.45, 7) is 5.32. The van der Waals surface area contributed by atoms with E-state index in [4.69, 9.17) is 0 Å². The summed E-state index contributed by atoms with van der Waals surface area (Å²) in [7, 11) is 0. The second-order valence-corrected chi connectivity index (χ2v) is 2.31. The predicted octanol–water partition coefficient (Wildman–Crippen LogP) is 1.82. The fourth-order valence-electron chi connectivity index (χ4n) is 0.543. The molecule has 52 valence electrons. The predicted molar refractivity (Wildman–Crippen MR) is 35.6 cm³/mol. The number of hydrogen-bond donors (Lipinski definition) is 0. The van der Waals surface area contributed by atoms with Gasteiger partial charge in [-0.25, -0.2) is 0 Å². The molecule has 0 aliphatic carbocycles. The molecule has 0 radical (unpaired) electrons.